The smallest absolute Gasteiger partial charge is 0.311 e. The number of fused-ring (bicyclic) bond motifs is 1. The summed E-state index contributed by atoms with van der Waals surface area (Å²) in [6.07, 6.45) is 3.67. The normalized spacial score (nSPS) is 15.6. The molecule has 2 heterocycles. The zero-order valence-corrected chi connectivity index (χ0v) is 22.6. The van der Waals surface area contributed by atoms with E-state index in [1.165, 1.54) is 0 Å². The van der Waals surface area contributed by atoms with Crippen molar-refractivity contribution in [2.45, 2.75) is 39.2 Å². The molecule has 3 aromatic rings. The third-order valence-electron chi connectivity index (χ3n) is 6.98. The van der Waals surface area contributed by atoms with Crippen LogP contribution in [0.5, 0.6) is 5.75 Å². The van der Waals surface area contributed by atoms with Gasteiger partial charge in [-0.15, -0.1) is 0 Å². The first-order valence-corrected chi connectivity index (χ1v) is 13.4. The highest BCUT2D eigenvalue weighted by atomic mass is 16.5. The molecule has 1 aromatic heterocycles. The van der Waals surface area contributed by atoms with Crippen LogP contribution in [0.1, 0.15) is 43.4 Å². The summed E-state index contributed by atoms with van der Waals surface area (Å²) in [6.45, 7) is 8.95. The van der Waals surface area contributed by atoms with E-state index in [4.69, 9.17) is 14.0 Å². The summed E-state index contributed by atoms with van der Waals surface area (Å²) in [5.74, 6) is 1.64. The first-order valence-electron chi connectivity index (χ1n) is 13.4. The van der Waals surface area contributed by atoms with Crippen LogP contribution in [0.3, 0.4) is 0 Å². The molecule has 9 nitrogen and oxygen atoms in total. The van der Waals surface area contributed by atoms with Crippen LogP contribution >= 0.6 is 0 Å². The van der Waals surface area contributed by atoms with Crippen LogP contribution in [0.25, 0.3) is 28.6 Å². The van der Waals surface area contributed by atoms with Gasteiger partial charge in [-0.25, -0.2) is 0 Å². The topological polar surface area (TPSA) is 105 Å². The molecule has 0 bridgehead atoms. The molecule has 2 aliphatic rings. The zero-order chi connectivity index (χ0) is 27.4. The van der Waals surface area contributed by atoms with Crippen LogP contribution in [0, 0.1) is 11.3 Å². The van der Waals surface area contributed by atoms with Crippen LogP contribution in [0.2, 0.25) is 0 Å². The molecule has 0 amide bonds. The van der Waals surface area contributed by atoms with Gasteiger partial charge in [-0.1, -0.05) is 23.4 Å². The summed E-state index contributed by atoms with van der Waals surface area (Å²) in [5.41, 5.74) is 3.72. The SMILES string of the molecule is CC(C)Oc1ccc(-c2nc(-c3cccc4c3CC=C4OC(=O)CCCN3CCN(C)CC3)no2)cc1C#N. The van der Waals surface area contributed by atoms with E-state index in [0.717, 1.165) is 55.8 Å². The van der Waals surface area contributed by atoms with E-state index in [-0.39, 0.29) is 12.1 Å². The van der Waals surface area contributed by atoms with Gasteiger partial charge in [-0.05, 0) is 70.1 Å². The van der Waals surface area contributed by atoms with Crippen molar-refractivity contribution in [3.8, 4) is 34.7 Å². The number of hydrogen-bond acceptors (Lipinski definition) is 9. The zero-order valence-electron chi connectivity index (χ0n) is 22.6. The Hall–Kier alpha value is -4.00. The third-order valence-corrected chi connectivity index (χ3v) is 6.98. The minimum atomic E-state index is -0.214. The van der Waals surface area contributed by atoms with Crippen molar-refractivity contribution in [1.29, 1.82) is 5.26 Å². The van der Waals surface area contributed by atoms with Gasteiger partial charge in [0.05, 0.1) is 11.7 Å². The Morgan fingerprint density at radius 3 is 2.72 bits per heavy atom. The largest absolute Gasteiger partial charge is 0.490 e. The highest BCUT2D eigenvalue weighted by Gasteiger charge is 2.24. The Morgan fingerprint density at radius 2 is 1.95 bits per heavy atom. The number of allylic oxidation sites excluding steroid dienone is 1. The molecule has 1 aliphatic heterocycles. The number of ether oxygens (including phenoxy) is 2. The molecular weight excluding hydrogens is 494 g/mol. The van der Waals surface area contributed by atoms with Gasteiger partial charge < -0.3 is 23.8 Å². The summed E-state index contributed by atoms with van der Waals surface area (Å²) in [4.78, 5) is 21.9. The Bertz CT molecular complexity index is 1410. The minimum Gasteiger partial charge on any atom is -0.490 e. The number of aromatic nitrogens is 2. The number of benzene rings is 2. The molecule has 0 unspecified atom stereocenters. The number of rotatable bonds is 9. The van der Waals surface area contributed by atoms with Gasteiger partial charge in [-0.3, -0.25) is 4.79 Å². The first kappa shape index (κ1) is 26.6. The van der Waals surface area contributed by atoms with Crippen LogP contribution in [-0.2, 0) is 16.0 Å². The van der Waals surface area contributed by atoms with Gasteiger partial charge >= 0.3 is 5.97 Å². The second-order valence-corrected chi connectivity index (χ2v) is 10.2. The molecule has 0 radical (unpaired) electrons. The summed E-state index contributed by atoms with van der Waals surface area (Å²) in [5, 5.41) is 13.8. The number of nitrogens with zero attached hydrogens (tertiary/aromatic N) is 5. The standard InChI is InChI=1S/C30H33N5O4/c1-20(2)37-26-11-9-21(18-22(26)19-31)30-32-29(33-39-30)25-7-4-6-24-23(25)10-12-27(24)38-28(36)8-5-13-35-16-14-34(3)15-17-35/h4,6-7,9,11-12,18,20H,5,8,10,13-17H2,1-3H3. The van der Waals surface area contributed by atoms with Gasteiger partial charge in [0.2, 0.25) is 5.82 Å². The van der Waals surface area contributed by atoms with Crippen molar-refractivity contribution in [3.63, 3.8) is 0 Å². The number of likely N-dealkylation sites (N-methyl/N-ethyl adjacent to an activating group) is 1. The summed E-state index contributed by atoms with van der Waals surface area (Å²) in [7, 11) is 2.14. The Labute approximate surface area is 228 Å². The number of nitriles is 1. The van der Waals surface area contributed by atoms with Crippen LogP contribution in [0.4, 0.5) is 0 Å². The molecule has 39 heavy (non-hydrogen) atoms. The highest BCUT2D eigenvalue weighted by Crippen LogP contribution is 2.36. The maximum atomic E-state index is 12.6. The van der Waals surface area contributed by atoms with Crippen molar-refractivity contribution >= 4 is 11.7 Å². The molecule has 0 N–H and O–H groups in total. The molecule has 5 rings (SSSR count). The van der Waals surface area contributed by atoms with Gasteiger partial charge in [-0.2, -0.15) is 10.2 Å². The Balaban J connectivity index is 1.24. The molecule has 0 spiro atoms. The molecule has 1 saturated heterocycles. The van der Waals surface area contributed by atoms with E-state index in [0.29, 0.717) is 47.2 Å². The maximum absolute atomic E-state index is 12.6. The van der Waals surface area contributed by atoms with E-state index in [2.05, 4.69) is 33.1 Å². The second kappa shape index (κ2) is 11.8. The molecule has 0 saturated carbocycles. The number of esters is 1. The van der Waals surface area contributed by atoms with E-state index in [9.17, 15) is 10.1 Å². The van der Waals surface area contributed by atoms with Crippen LogP contribution < -0.4 is 4.74 Å². The summed E-state index contributed by atoms with van der Waals surface area (Å²) < 4.78 is 17.0. The number of piperazine rings is 1. The van der Waals surface area contributed by atoms with Crippen molar-refractivity contribution in [2.75, 3.05) is 39.8 Å². The fraction of sp³-hybridized carbons (Fsp3) is 0.400. The Kier molecular flexibility index (Phi) is 8.05. The fourth-order valence-electron chi connectivity index (χ4n) is 4.90. The van der Waals surface area contributed by atoms with Crippen molar-refractivity contribution < 1.29 is 18.8 Å². The lowest BCUT2D eigenvalue weighted by molar-refractivity contribution is -0.136. The average molecular weight is 528 g/mol. The van der Waals surface area contributed by atoms with Crippen molar-refractivity contribution in [2.24, 2.45) is 0 Å². The fourth-order valence-corrected chi connectivity index (χ4v) is 4.90. The molecule has 9 heteroatoms. The molecule has 2 aromatic carbocycles. The number of carbonyl (C=O) groups excluding carboxylic acids is 1. The number of hydrogen-bond donors (Lipinski definition) is 0. The summed E-state index contributed by atoms with van der Waals surface area (Å²) >= 11 is 0. The van der Waals surface area contributed by atoms with Gasteiger partial charge in [0.1, 0.15) is 17.6 Å². The van der Waals surface area contributed by atoms with E-state index >= 15 is 0 Å². The average Bonchev–Trinajstić information content (AvgIpc) is 3.58. The second-order valence-electron chi connectivity index (χ2n) is 10.2. The Morgan fingerprint density at radius 1 is 1.15 bits per heavy atom. The molecule has 1 aliphatic carbocycles. The quantitative estimate of drug-likeness (QED) is 0.371. The third kappa shape index (κ3) is 6.19. The molecule has 202 valence electrons. The molecular formula is C30H33N5O4. The highest BCUT2D eigenvalue weighted by molar-refractivity contribution is 5.83. The van der Waals surface area contributed by atoms with Gasteiger partial charge in [0.25, 0.3) is 5.89 Å². The summed E-state index contributed by atoms with van der Waals surface area (Å²) in [6, 6.07) is 13.2. The first-order chi connectivity index (χ1) is 18.9. The van der Waals surface area contributed by atoms with E-state index in [1.54, 1.807) is 18.2 Å². The lowest BCUT2D eigenvalue weighted by Gasteiger charge is -2.32. The lowest BCUT2D eigenvalue weighted by Crippen LogP contribution is -2.44. The lowest BCUT2D eigenvalue weighted by atomic mass is 10.0. The van der Waals surface area contributed by atoms with E-state index < -0.39 is 0 Å². The van der Waals surface area contributed by atoms with Gasteiger partial charge in [0.15, 0.2) is 0 Å². The monoisotopic (exact) mass is 527 g/mol. The molecule has 0 atom stereocenters. The van der Waals surface area contributed by atoms with E-state index in [1.807, 2.05) is 38.1 Å². The van der Waals surface area contributed by atoms with Crippen molar-refractivity contribution in [1.82, 2.24) is 19.9 Å². The predicted molar refractivity (Wildman–Crippen MR) is 147 cm³/mol. The maximum Gasteiger partial charge on any atom is 0.311 e. The minimum absolute atomic E-state index is 0.0435. The van der Waals surface area contributed by atoms with Crippen LogP contribution in [0.15, 0.2) is 47.0 Å². The predicted octanol–water partition coefficient (Wildman–Crippen LogP) is 4.53. The van der Waals surface area contributed by atoms with Crippen molar-refractivity contribution in [3.05, 3.63) is 59.2 Å². The van der Waals surface area contributed by atoms with Gasteiger partial charge in [0, 0.05) is 49.3 Å². The number of carbonyl (C=O) groups is 1. The molecule has 1 fully saturated rings. The van der Waals surface area contributed by atoms with Crippen LogP contribution in [-0.4, -0.2) is 71.8 Å².